The van der Waals surface area contributed by atoms with Gasteiger partial charge >= 0.3 is 0 Å². The second kappa shape index (κ2) is 7.44. The van der Waals surface area contributed by atoms with Gasteiger partial charge < -0.3 is 0 Å². The van der Waals surface area contributed by atoms with E-state index in [0.29, 0.717) is 0 Å². The zero-order chi connectivity index (χ0) is 12.8. The van der Waals surface area contributed by atoms with E-state index in [1.807, 2.05) is 13.8 Å². The molecule has 2 saturated carbocycles. The summed E-state index contributed by atoms with van der Waals surface area (Å²) in [6.45, 7) is 11.4. The monoisotopic (exact) mass is 238 g/mol. The van der Waals surface area contributed by atoms with Gasteiger partial charge in [0.1, 0.15) is 0 Å². The molecule has 0 heterocycles. The van der Waals surface area contributed by atoms with E-state index in [9.17, 15) is 0 Å². The fraction of sp³-hybridized carbons (Fsp3) is 1.00. The third-order valence-electron chi connectivity index (χ3n) is 5.28. The zero-order valence-electron chi connectivity index (χ0n) is 12.8. The van der Waals surface area contributed by atoms with Gasteiger partial charge in [-0.1, -0.05) is 60.3 Å². The van der Waals surface area contributed by atoms with Crippen molar-refractivity contribution in [1.29, 1.82) is 0 Å². The molecule has 0 aromatic carbocycles. The highest BCUT2D eigenvalue weighted by molar-refractivity contribution is 4.83. The van der Waals surface area contributed by atoms with Crippen LogP contribution in [-0.2, 0) is 0 Å². The summed E-state index contributed by atoms with van der Waals surface area (Å²) in [5.41, 5.74) is 0. The lowest BCUT2D eigenvalue weighted by molar-refractivity contribution is 0.115. The molecular weight excluding hydrogens is 204 g/mol. The van der Waals surface area contributed by atoms with Crippen LogP contribution in [0.2, 0.25) is 0 Å². The molecule has 0 heteroatoms. The van der Waals surface area contributed by atoms with Crippen molar-refractivity contribution in [3.05, 3.63) is 0 Å². The SMILES string of the molecule is CC.CC1CCCC(C2CCC(C)C(C)C2)C1. The van der Waals surface area contributed by atoms with E-state index in [1.54, 1.807) is 0 Å². The minimum absolute atomic E-state index is 0.987. The van der Waals surface area contributed by atoms with Crippen molar-refractivity contribution in [2.75, 3.05) is 0 Å². The van der Waals surface area contributed by atoms with Crippen LogP contribution >= 0.6 is 0 Å². The molecule has 0 nitrogen and oxygen atoms in total. The molecule has 0 amide bonds. The van der Waals surface area contributed by atoms with Crippen molar-refractivity contribution in [2.45, 2.75) is 79.6 Å². The molecule has 0 aromatic heterocycles. The molecule has 2 aliphatic rings. The summed E-state index contributed by atoms with van der Waals surface area (Å²) in [4.78, 5) is 0. The second-order valence-electron chi connectivity index (χ2n) is 6.56. The standard InChI is InChI=1S/C15H28.C2H6/c1-11-5-4-6-14(9-11)15-8-7-12(2)13(3)10-15;1-2/h11-15H,4-10H2,1-3H3;1-2H3. The van der Waals surface area contributed by atoms with Gasteiger partial charge in [-0.2, -0.15) is 0 Å². The summed E-state index contributed by atoms with van der Waals surface area (Å²) in [6.07, 6.45) is 10.6. The highest BCUT2D eigenvalue weighted by Crippen LogP contribution is 2.43. The third kappa shape index (κ3) is 4.30. The first-order valence-corrected chi connectivity index (χ1v) is 8.16. The van der Waals surface area contributed by atoms with Crippen LogP contribution in [0.25, 0.3) is 0 Å². The maximum Gasteiger partial charge on any atom is -0.0383 e. The van der Waals surface area contributed by atoms with Crippen LogP contribution in [0.5, 0.6) is 0 Å². The van der Waals surface area contributed by atoms with Crippen LogP contribution in [-0.4, -0.2) is 0 Å². The van der Waals surface area contributed by atoms with Crippen molar-refractivity contribution >= 4 is 0 Å². The molecule has 2 aliphatic carbocycles. The maximum absolute atomic E-state index is 2.48. The Bertz CT molecular complexity index is 196. The van der Waals surface area contributed by atoms with Crippen LogP contribution in [0.4, 0.5) is 0 Å². The van der Waals surface area contributed by atoms with Crippen molar-refractivity contribution in [2.24, 2.45) is 29.6 Å². The fourth-order valence-corrected chi connectivity index (χ4v) is 3.93. The third-order valence-corrected chi connectivity index (χ3v) is 5.28. The molecule has 5 unspecified atom stereocenters. The molecule has 2 fully saturated rings. The Morgan fingerprint density at radius 1 is 0.647 bits per heavy atom. The van der Waals surface area contributed by atoms with Crippen LogP contribution < -0.4 is 0 Å². The Morgan fingerprint density at radius 3 is 1.88 bits per heavy atom. The molecule has 17 heavy (non-hydrogen) atoms. The molecule has 5 atom stereocenters. The van der Waals surface area contributed by atoms with Gasteiger partial charge in [0.2, 0.25) is 0 Å². The van der Waals surface area contributed by atoms with E-state index in [4.69, 9.17) is 0 Å². The Balaban J connectivity index is 0.000000686. The summed E-state index contributed by atoms with van der Waals surface area (Å²) in [5, 5.41) is 0. The van der Waals surface area contributed by atoms with Crippen molar-refractivity contribution < 1.29 is 0 Å². The van der Waals surface area contributed by atoms with Gasteiger partial charge in [0.15, 0.2) is 0 Å². The first kappa shape index (κ1) is 15.1. The summed E-state index contributed by atoms with van der Waals surface area (Å²) >= 11 is 0. The molecule has 0 bridgehead atoms. The molecule has 0 aromatic rings. The summed E-state index contributed by atoms with van der Waals surface area (Å²) in [6, 6.07) is 0. The van der Waals surface area contributed by atoms with Crippen molar-refractivity contribution in [1.82, 2.24) is 0 Å². The van der Waals surface area contributed by atoms with E-state index in [2.05, 4.69) is 20.8 Å². The lowest BCUT2D eigenvalue weighted by Gasteiger charge is -2.39. The maximum atomic E-state index is 2.48. The highest BCUT2D eigenvalue weighted by atomic mass is 14.4. The smallest absolute Gasteiger partial charge is 0.0383 e. The lowest BCUT2D eigenvalue weighted by atomic mass is 9.66. The molecule has 102 valence electrons. The Kier molecular flexibility index (Phi) is 6.59. The van der Waals surface area contributed by atoms with Gasteiger partial charge in [-0.3, -0.25) is 0 Å². The van der Waals surface area contributed by atoms with Gasteiger partial charge in [-0.25, -0.2) is 0 Å². The predicted octanol–water partition coefficient (Wildman–Crippen LogP) is 5.91. The van der Waals surface area contributed by atoms with Gasteiger partial charge in [0, 0.05) is 0 Å². The van der Waals surface area contributed by atoms with Gasteiger partial charge in [0.25, 0.3) is 0 Å². The molecule has 0 saturated heterocycles. The Labute approximate surface area is 110 Å². The molecule has 0 spiro atoms. The average molecular weight is 238 g/mol. The van der Waals surface area contributed by atoms with E-state index in [0.717, 1.165) is 29.6 Å². The van der Waals surface area contributed by atoms with E-state index in [1.165, 1.54) is 44.9 Å². The van der Waals surface area contributed by atoms with E-state index in [-0.39, 0.29) is 0 Å². The molecule has 0 N–H and O–H groups in total. The fourth-order valence-electron chi connectivity index (χ4n) is 3.93. The van der Waals surface area contributed by atoms with Crippen molar-refractivity contribution in [3.8, 4) is 0 Å². The highest BCUT2D eigenvalue weighted by Gasteiger charge is 2.32. The van der Waals surface area contributed by atoms with Gasteiger partial charge in [0.05, 0.1) is 0 Å². The first-order valence-electron chi connectivity index (χ1n) is 8.16. The summed E-state index contributed by atoms with van der Waals surface area (Å²) < 4.78 is 0. The van der Waals surface area contributed by atoms with Crippen LogP contribution in [0.15, 0.2) is 0 Å². The largest absolute Gasteiger partial charge is 0.0683 e. The van der Waals surface area contributed by atoms with Crippen LogP contribution in [0.1, 0.15) is 79.6 Å². The topological polar surface area (TPSA) is 0 Å². The number of hydrogen-bond acceptors (Lipinski definition) is 0. The van der Waals surface area contributed by atoms with Gasteiger partial charge in [-0.15, -0.1) is 0 Å². The second-order valence-corrected chi connectivity index (χ2v) is 6.56. The minimum Gasteiger partial charge on any atom is -0.0683 e. The predicted molar refractivity (Wildman–Crippen MR) is 78.1 cm³/mol. The Hall–Kier alpha value is 0. The average Bonchev–Trinajstić information content (AvgIpc) is 2.35. The number of rotatable bonds is 1. The number of hydrogen-bond donors (Lipinski definition) is 0. The zero-order valence-corrected chi connectivity index (χ0v) is 12.8. The molecule has 0 radical (unpaired) electrons. The summed E-state index contributed by atoms with van der Waals surface area (Å²) in [7, 11) is 0. The summed E-state index contributed by atoms with van der Waals surface area (Å²) in [5.74, 6) is 5.16. The lowest BCUT2D eigenvalue weighted by Crippen LogP contribution is -2.29. The van der Waals surface area contributed by atoms with Crippen LogP contribution in [0, 0.1) is 29.6 Å². The normalized spacial score (nSPS) is 42.5. The van der Waals surface area contributed by atoms with Crippen molar-refractivity contribution in [3.63, 3.8) is 0 Å². The molecule has 2 rings (SSSR count). The molecular formula is C17H34. The first-order chi connectivity index (χ1) is 8.16. The van der Waals surface area contributed by atoms with E-state index < -0.39 is 0 Å². The Morgan fingerprint density at radius 2 is 1.29 bits per heavy atom. The molecule has 0 aliphatic heterocycles. The van der Waals surface area contributed by atoms with E-state index >= 15 is 0 Å². The van der Waals surface area contributed by atoms with Gasteiger partial charge in [-0.05, 0) is 48.9 Å². The minimum atomic E-state index is 0.987. The van der Waals surface area contributed by atoms with Crippen LogP contribution in [0.3, 0.4) is 0 Å². The quantitative estimate of drug-likeness (QED) is 0.532.